The zero-order valence-corrected chi connectivity index (χ0v) is 14.6. The number of ether oxygens (including phenoxy) is 2. The highest BCUT2D eigenvalue weighted by molar-refractivity contribution is 5.74. The predicted molar refractivity (Wildman–Crippen MR) is 91.0 cm³/mol. The summed E-state index contributed by atoms with van der Waals surface area (Å²) in [7, 11) is 1.85. The molecule has 5 heteroatoms. The van der Waals surface area contributed by atoms with Crippen molar-refractivity contribution in [1.29, 1.82) is 0 Å². The van der Waals surface area contributed by atoms with Gasteiger partial charge in [-0.05, 0) is 44.7 Å². The number of nitrogens with one attached hydrogen (secondary N) is 1. The van der Waals surface area contributed by atoms with E-state index >= 15 is 0 Å². The van der Waals surface area contributed by atoms with Crippen LogP contribution < -0.4 is 10.1 Å². The molecule has 1 aromatic rings. The Balaban J connectivity index is 1.81. The van der Waals surface area contributed by atoms with Gasteiger partial charge in [-0.2, -0.15) is 0 Å². The van der Waals surface area contributed by atoms with Crippen LogP contribution in [-0.2, 0) is 4.74 Å². The Morgan fingerprint density at radius 2 is 1.96 bits per heavy atom. The normalized spacial score (nSPS) is 16.7. The molecule has 128 valence electrons. The van der Waals surface area contributed by atoms with Crippen molar-refractivity contribution in [2.24, 2.45) is 0 Å². The van der Waals surface area contributed by atoms with Crippen molar-refractivity contribution in [3.05, 3.63) is 29.3 Å². The third-order valence-corrected chi connectivity index (χ3v) is 4.32. The number of urea groups is 1. The topological polar surface area (TPSA) is 50.8 Å². The summed E-state index contributed by atoms with van der Waals surface area (Å²) in [6.07, 6.45) is 1.80. The summed E-state index contributed by atoms with van der Waals surface area (Å²) in [5.74, 6) is 0.909. The third-order valence-electron chi connectivity index (χ3n) is 4.32. The first-order valence-electron chi connectivity index (χ1n) is 8.29. The minimum atomic E-state index is -0.0520. The molecule has 0 saturated carbocycles. The van der Waals surface area contributed by atoms with Gasteiger partial charge >= 0.3 is 6.03 Å². The average Bonchev–Trinajstić information content (AvgIpc) is 2.54. The van der Waals surface area contributed by atoms with E-state index in [9.17, 15) is 4.79 Å². The van der Waals surface area contributed by atoms with E-state index in [1.807, 2.05) is 46.0 Å². The molecule has 1 N–H and O–H groups in total. The van der Waals surface area contributed by atoms with Gasteiger partial charge in [0.05, 0.1) is 6.04 Å². The molecule has 0 radical (unpaired) electrons. The summed E-state index contributed by atoms with van der Waals surface area (Å²) in [4.78, 5) is 14.1. The van der Waals surface area contributed by atoms with E-state index in [-0.39, 0.29) is 18.1 Å². The van der Waals surface area contributed by atoms with E-state index in [1.54, 1.807) is 4.90 Å². The number of benzene rings is 1. The Kier molecular flexibility index (Phi) is 6.28. The second kappa shape index (κ2) is 8.20. The highest BCUT2D eigenvalue weighted by Crippen LogP contribution is 2.22. The Hall–Kier alpha value is -1.75. The molecule has 1 atom stereocenters. The van der Waals surface area contributed by atoms with Gasteiger partial charge in [-0.1, -0.05) is 18.2 Å². The number of carbonyl (C=O) groups is 1. The van der Waals surface area contributed by atoms with Crippen molar-refractivity contribution in [1.82, 2.24) is 10.2 Å². The number of carbonyl (C=O) groups excluding carboxylic acids is 1. The van der Waals surface area contributed by atoms with E-state index in [4.69, 9.17) is 9.47 Å². The lowest BCUT2D eigenvalue weighted by atomic mass is 10.1. The van der Waals surface area contributed by atoms with Crippen molar-refractivity contribution in [2.75, 3.05) is 26.9 Å². The molecule has 0 unspecified atom stereocenters. The monoisotopic (exact) mass is 320 g/mol. The molecule has 2 amide bonds. The molecule has 1 heterocycles. The highest BCUT2D eigenvalue weighted by atomic mass is 16.5. The van der Waals surface area contributed by atoms with Crippen LogP contribution in [0.1, 0.15) is 30.9 Å². The quantitative estimate of drug-likeness (QED) is 0.907. The number of rotatable bonds is 5. The molecule has 1 aliphatic heterocycles. The first-order valence-corrected chi connectivity index (χ1v) is 8.29. The van der Waals surface area contributed by atoms with Gasteiger partial charge in [-0.3, -0.25) is 0 Å². The van der Waals surface area contributed by atoms with Crippen LogP contribution in [0.2, 0.25) is 0 Å². The number of hydrogen-bond acceptors (Lipinski definition) is 3. The van der Waals surface area contributed by atoms with Gasteiger partial charge in [0.25, 0.3) is 0 Å². The standard InChI is InChI=1S/C18H28N2O3/c1-13-6-5-7-14(2)17(13)23-12-15(3)19-18(21)20(4)16-8-10-22-11-9-16/h5-7,15-16H,8-12H2,1-4H3,(H,19,21)/t15-/m0/s1. The van der Waals surface area contributed by atoms with Gasteiger partial charge in [0.1, 0.15) is 12.4 Å². The van der Waals surface area contributed by atoms with E-state index in [2.05, 4.69) is 5.32 Å². The number of hydrogen-bond donors (Lipinski definition) is 1. The van der Waals surface area contributed by atoms with E-state index in [0.717, 1.165) is 42.9 Å². The van der Waals surface area contributed by atoms with Crippen molar-refractivity contribution >= 4 is 6.03 Å². The fourth-order valence-electron chi connectivity index (χ4n) is 2.83. The number of nitrogens with zero attached hydrogens (tertiary/aromatic N) is 1. The van der Waals surface area contributed by atoms with Crippen molar-refractivity contribution < 1.29 is 14.3 Å². The Bertz CT molecular complexity index is 507. The lowest BCUT2D eigenvalue weighted by molar-refractivity contribution is 0.0520. The zero-order chi connectivity index (χ0) is 16.8. The Morgan fingerprint density at radius 1 is 1.35 bits per heavy atom. The fourth-order valence-corrected chi connectivity index (χ4v) is 2.83. The summed E-state index contributed by atoms with van der Waals surface area (Å²) in [5.41, 5.74) is 2.23. The molecular formula is C18H28N2O3. The second-order valence-electron chi connectivity index (χ2n) is 6.34. The van der Waals surface area contributed by atoms with Gasteiger partial charge in [-0.25, -0.2) is 4.79 Å². The molecule has 0 bridgehead atoms. The molecule has 0 aromatic heterocycles. The van der Waals surface area contributed by atoms with Gasteiger partial charge in [0.2, 0.25) is 0 Å². The molecule has 1 fully saturated rings. The lowest BCUT2D eigenvalue weighted by Gasteiger charge is -2.32. The fraction of sp³-hybridized carbons (Fsp3) is 0.611. The van der Waals surface area contributed by atoms with Crippen LogP contribution >= 0.6 is 0 Å². The maximum Gasteiger partial charge on any atom is 0.317 e. The largest absolute Gasteiger partial charge is 0.491 e. The number of amides is 2. The Morgan fingerprint density at radius 3 is 2.57 bits per heavy atom. The maximum absolute atomic E-state index is 12.3. The molecule has 23 heavy (non-hydrogen) atoms. The average molecular weight is 320 g/mol. The third kappa shape index (κ3) is 4.86. The van der Waals surface area contributed by atoms with Gasteiger partial charge in [-0.15, -0.1) is 0 Å². The van der Waals surface area contributed by atoms with Crippen molar-refractivity contribution in [3.8, 4) is 5.75 Å². The Labute approximate surface area is 139 Å². The van der Waals surface area contributed by atoms with Gasteiger partial charge < -0.3 is 19.7 Å². The van der Waals surface area contributed by atoms with Crippen molar-refractivity contribution in [3.63, 3.8) is 0 Å². The molecule has 1 aromatic carbocycles. The van der Waals surface area contributed by atoms with Gasteiger partial charge in [0, 0.05) is 26.3 Å². The first kappa shape index (κ1) is 17.6. The van der Waals surface area contributed by atoms with Crippen LogP contribution in [-0.4, -0.2) is 49.9 Å². The van der Waals surface area contributed by atoms with Gasteiger partial charge in [0.15, 0.2) is 0 Å². The summed E-state index contributed by atoms with van der Waals surface area (Å²) in [5, 5.41) is 3.01. The van der Waals surface area contributed by atoms with Crippen LogP contribution in [0.3, 0.4) is 0 Å². The molecule has 0 spiro atoms. The maximum atomic E-state index is 12.3. The number of para-hydroxylation sites is 1. The van der Waals surface area contributed by atoms with Crippen molar-refractivity contribution in [2.45, 2.75) is 45.7 Å². The molecule has 1 aliphatic rings. The minimum absolute atomic E-state index is 0.0468. The summed E-state index contributed by atoms with van der Waals surface area (Å²) in [6, 6.07) is 6.24. The molecule has 2 rings (SSSR count). The van der Waals surface area contributed by atoms with Crippen LogP contribution in [0.25, 0.3) is 0 Å². The van der Waals surface area contributed by atoms with Crippen LogP contribution in [0, 0.1) is 13.8 Å². The van der Waals surface area contributed by atoms with Crippen LogP contribution in [0.5, 0.6) is 5.75 Å². The summed E-state index contributed by atoms with van der Waals surface area (Å²) >= 11 is 0. The first-order chi connectivity index (χ1) is 11.0. The number of aryl methyl sites for hydroxylation is 2. The second-order valence-corrected chi connectivity index (χ2v) is 6.34. The predicted octanol–water partition coefficient (Wildman–Crippen LogP) is 2.89. The summed E-state index contributed by atoms with van der Waals surface area (Å²) in [6.45, 7) is 7.94. The van der Waals surface area contributed by atoms with E-state index in [1.165, 1.54) is 0 Å². The lowest BCUT2D eigenvalue weighted by Crippen LogP contribution is -2.49. The van der Waals surface area contributed by atoms with E-state index < -0.39 is 0 Å². The van der Waals surface area contributed by atoms with E-state index in [0.29, 0.717) is 6.61 Å². The zero-order valence-electron chi connectivity index (χ0n) is 14.6. The van der Waals surface area contributed by atoms with Crippen LogP contribution in [0.15, 0.2) is 18.2 Å². The molecule has 1 saturated heterocycles. The molecule has 5 nitrogen and oxygen atoms in total. The van der Waals surface area contributed by atoms with Crippen LogP contribution in [0.4, 0.5) is 4.79 Å². The minimum Gasteiger partial charge on any atom is -0.491 e. The summed E-state index contributed by atoms with van der Waals surface area (Å²) < 4.78 is 11.2. The highest BCUT2D eigenvalue weighted by Gasteiger charge is 2.23. The molecular weight excluding hydrogens is 292 g/mol. The smallest absolute Gasteiger partial charge is 0.317 e. The molecule has 0 aliphatic carbocycles. The SMILES string of the molecule is Cc1cccc(C)c1OC[C@H](C)NC(=O)N(C)C1CCOCC1.